The molecule has 0 fully saturated rings. The molecule has 0 aliphatic heterocycles. The molecule has 6 heteroatoms. The highest BCUT2D eigenvalue weighted by Crippen LogP contribution is 2.22. The van der Waals surface area contributed by atoms with Crippen molar-refractivity contribution in [3.8, 4) is 0 Å². The molecule has 0 saturated heterocycles. The first-order valence-corrected chi connectivity index (χ1v) is 8.15. The van der Waals surface area contributed by atoms with E-state index in [0.717, 1.165) is 12.8 Å². The monoisotopic (exact) mass is 333 g/mol. The largest absolute Gasteiger partial charge is 0.462 e. The van der Waals surface area contributed by atoms with Crippen LogP contribution < -0.4 is 0 Å². The van der Waals surface area contributed by atoms with E-state index in [0.29, 0.717) is 23.2 Å². The zero-order valence-electron chi connectivity index (χ0n) is 14.3. The molecule has 2 rings (SSSR count). The SMILES string of the molecule is CCOC(=O)c1c(C)[nH]c(C(=O)COC(=O)C[C@H]2C=CCC2)c1C. The molecule has 0 aromatic carbocycles. The number of nitrogens with one attached hydrogen (secondary N) is 1. The molecule has 6 nitrogen and oxygen atoms in total. The van der Waals surface area contributed by atoms with Crippen LogP contribution in [0.15, 0.2) is 12.2 Å². The van der Waals surface area contributed by atoms with Gasteiger partial charge in [0.25, 0.3) is 0 Å². The van der Waals surface area contributed by atoms with Crippen LogP contribution in [0.25, 0.3) is 0 Å². The Morgan fingerprint density at radius 2 is 2.00 bits per heavy atom. The van der Waals surface area contributed by atoms with Gasteiger partial charge in [0.1, 0.15) is 0 Å². The second kappa shape index (κ2) is 7.95. The van der Waals surface area contributed by atoms with Gasteiger partial charge in [0.05, 0.1) is 24.3 Å². The van der Waals surface area contributed by atoms with Gasteiger partial charge < -0.3 is 14.5 Å². The van der Waals surface area contributed by atoms with Crippen LogP contribution in [0.2, 0.25) is 0 Å². The maximum Gasteiger partial charge on any atom is 0.340 e. The molecular weight excluding hydrogens is 310 g/mol. The summed E-state index contributed by atoms with van der Waals surface area (Å²) in [6, 6.07) is 0. The number of aromatic nitrogens is 1. The van der Waals surface area contributed by atoms with Gasteiger partial charge >= 0.3 is 11.9 Å². The summed E-state index contributed by atoms with van der Waals surface area (Å²) in [6.45, 7) is 5.03. The van der Waals surface area contributed by atoms with Gasteiger partial charge in [-0.15, -0.1) is 0 Å². The fourth-order valence-corrected chi connectivity index (χ4v) is 2.89. The Morgan fingerprint density at radius 1 is 1.25 bits per heavy atom. The van der Waals surface area contributed by atoms with E-state index in [1.54, 1.807) is 20.8 Å². The molecule has 0 amide bonds. The lowest BCUT2D eigenvalue weighted by Crippen LogP contribution is -2.17. The van der Waals surface area contributed by atoms with Crippen LogP contribution in [0.5, 0.6) is 0 Å². The summed E-state index contributed by atoms with van der Waals surface area (Å²) in [5.41, 5.74) is 1.73. The van der Waals surface area contributed by atoms with Gasteiger partial charge in [-0.2, -0.15) is 0 Å². The van der Waals surface area contributed by atoms with E-state index in [4.69, 9.17) is 9.47 Å². The van der Waals surface area contributed by atoms with Gasteiger partial charge in [0.2, 0.25) is 5.78 Å². The van der Waals surface area contributed by atoms with E-state index in [1.807, 2.05) is 12.2 Å². The number of ketones is 1. The van der Waals surface area contributed by atoms with Gasteiger partial charge in [-0.25, -0.2) is 4.79 Å². The summed E-state index contributed by atoms with van der Waals surface area (Å²) in [5.74, 6) is -1.00. The molecule has 0 spiro atoms. The third-order valence-corrected chi connectivity index (χ3v) is 4.10. The number of carbonyl (C=O) groups excluding carboxylic acids is 3. The molecule has 1 atom stereocenters. The van der Waals surface area contributed by atoms with E-state index in [1.165, 1.54) is 0 Å². The third-order valence-electron chi connectivity index (χ3n) is 4.10. The van der Waals surface area contributed by atoms with Crippen molar-refractivity contribution in [2.24, 2.45) is 5.92 Å². The third kappa shape index (κ3) is 4.13. The van der Waals surface area contributed by atoms with Gasteiger partial charge in [0, 0.05) is 5.69 Å². The maximum atomic E-state index is 12.3. The number of carbonyl (C=O) groups is 3. The summed E-state index contributed by atoms with van der Waals surface area (Å²) in [6.07, 6.45) is 6.27. The van der Waals surface area contributed by atoms with Gasteiger partial charge in [0.15, 0.2) is 6.61 Å². The topological polar surface area (TPSA) is 85.5 Å². The first-order chi connectivity index (χ1) is 11.4. The van der Waals surface area contributed by atoms with Gasteiger partial charge in [-0.05, 0) is 45.1 Å². The zero-order chi connectivity index (χ0) is 17.7. The Balaban J connectivity index is 1.97. The van der Waals surface area contributed by atoms with Crippen LogP contribution in [0.1, 0.15) is 58.3 Å². The molecule has 24 heavy (non-hydrogen) atoms. The number of esters is 2. The Labute approximate surface area is 141 Å². The lowest BCUT2D eigenvalue weighted by molar-refractivity contribution is -0.143. The average molecular weight is 333 g/mol. The second-order valence-corrected chi connectivity index (χ2v) is 5.90. The molecule has 1 N–H and O–H groups in total. The van der Waals surface area contributed by atoms with Crippen molar-refractivity contribution in [2.75, 3.05) is 13.2 Å². The van der Waals surface area contributed by atoms with Crippen molar-refractivity contribution >= 4 is 17.7 Å². The van der Waals surface area contributed by atoms with E-state index >= 15 is 0 Å². The predicted octanol–water partition coefficient (Wildman–Crippen LogP) is 2.89. The van der Waals surface area contributed by atoms with Gasteiger partial charge in [-0.1, -0.05) is 12.2 Å². The average Bonchev–Trinajstić information content (AvgIpc) is 3.13. The molecule has 1 aliphatic rings. The smallest absolute Gasteiger partial charge is 0.340 e. The van der Waals surface area contributed by atoms with E-state index in [-0.39, 0.29) is 36.6 Å². The Morgan fingerprint density at radius 3 is 2.62 bits per heavy atom. The summed E-state index contributed by atoms with van der Waals surface area (Å²) >= 11 is 0. The molecule has 1 aliphatic carbocycles. The van der Waals surface area contributed by atoms with E-state index in [9.17, 15) is 14.4 Å². The van der Waals surface area contributed by atoms with Gasteiger partial charge in [-0.3, -0.25) is 9.59 Å². The minimum atomic E-state index is -0.465. The zero-order valence-corrected chi connectivity index (χ0v) is 14.3. The van der Waals surface area contributed by atoms with Crippen molar-refractivity contribution in [1.29, 1.82) is 0 Å². The van der Waals surface area contributed by atoms with Crippen molar-refractivity contribution in [1.82, 2.24) is 4.98 Å². The number of aromatic amines is 1. The minimum absolute atomic E-state index is 0.206. The first kappa shape index (κ1) is 18.0. The number of hydrogen-bond acceptors (Lipinski definition) is 5. The Hall–Kier alpha value is -2.37. The van der Waals surface area contributed by atoms with Crippen molar-refractivity contribution in [3.05, 3.63) is 34.7 Å². The highest BCUT2D eigenvalue weighted by Gasteiger charge is 2.24. The summed E-state index contributed by atoms with van der Waals surface area (Å²) in [7, 11) is 0. The molecule has 1 aromatic rings. The van der Waals surface area contributed by atoms with Crippen LogP contribution in [-0.4, -0.2) is 35.9 Å². The summed E-state index contributed by atoms with van der Waals surface area (Å²) in [5, 5.41) is 0. The number of aryl methyl sites for hydroxylation is 1. The number of H-pyrrole nitrogens is 1. The van der Waals surface area contributed by atoms with E-state index < -0.39 is 5.97 Å². The van der Waals surface area contributed by atoms with Crippen LogP contribution in [0.4, 0.5) is 0 Å². The van der Waals surface area contributed by atoms with Crippen LogP contribution in [-0.2, 0) is 14.3 Å². The number of hydrogen-bond donors (Lipinski definition) is 1. The molecular formula is C18H23NO5. The number of Topliss-reactive ketones (excluding diaryl/α,β-unsaturated/α-hetero) is 1. The predicted molar refractivity (Wildman–Crippen MR) is 88.0 cm³/mol. The molecule has 1 aromatic heterocycles. The fraction of sp³-hybridized carbons (Fsp3) is 0.500. The molecule has 0 bridgehead atoms. The highest BCUT2D eigenvalue weighted by atomic mass is 16.5. The Kier molecular flexibility index (Phi) is 5.95. The minimum Gasteiger partial charge on any atom is -0.462 e. The fourth-order valence-electron chi connectivity index (χ4n) is 2.89. The van der Waals surface area contributed by atoms with Crippen LogP contribution >= 0.6 is 0 Å². The number of rotatable bonds is 7. The molecule has 1 heterocycles. The molecule has 0 radical (unpaired) electrons. The molecule has 130 valence electrons. The van der Waals surface area contributed by atoms with Crippen molar-refractivity contribution in [3.63, 3.8) is 0 Å². The number of ether oxygens (including phenoxy) is 2. The van der Waals surface area contributed by atoms with Crippen LogP contribution in [0, 0.1) is 19.8 Å². The summed E-state index contributed by atoms with van der Waals surface area (Å²) < 4.78 is 10.1. The quantitative estimate of drug-likeness (QED) is 0.471. The van der Waals surface area contributed by atoms with Crippen molar-refractivity contribution < 1.29 is 23.9 Å². The van der Waals surface area contributed by atoms with Crippen molar-refractivity contribution in [2.45, 2.75) is 40.0 Å². The standard InChI is InChI=1S/C18H23NO5/c1-4-23-18(22)16-11(2)17(19-12(16)3)14(20)10-24-15(21)9-13-7-5-6-8-13/h5,7,13,19H,4,6,8-10H2,1-3H3/t13-/m0/s1. The second-order valence-electron chi connectivity index (χ2n) is 5.90. The maximum absolute atomic E-state index is 12.3. The summed E-state index contributed by atoms with van der Waals surface area (Å²) in [4.78, 5) is 38.9. The lowest BCUT2D eigenvalue weighted by Gasteiger charge is -2.07. The Bertz CT molecular complexity index is 671. The lowest BCUT2D eigenvalue weighted by atomic mass is 10.1. The highest BCUT2D eigenvalue weighted by molar-refractivity contribution is 6.02. The number of allylic oxidation sites excluding steroid dienone is 2. The molecule has 0 saturated carbocycles. The first-order valence-electron chi connectivity index (χ1n) is 8.15. The normalized spacial score (nSPS) is 16.2. The van der Waals surface area contributed by atoms with E-state index in [2.05, 4.69) is 4.98 Å². The molecule has 0 unspecified atom stereocenters. The van der Waals surface area contributed by atoms with Crippen LogP contribution in [0.3, 0.4) is 0 Å².